The Labute approximate surface area is 121 Å². The summed E-state index contributed by atoms with van der Waals surface area (Å²) in [6.45, 7) is 2.08. The topological polar surface area (TPSA) is 113 Å². The number of urea groups is 1. The number of nitrogens with zero attached hydrogens (tertiary/aromatic N) is 1. The molecule has 1 atom stereocenters. The van der Waals surface area contributed by atoms with Gasteiger partial charge in [0.2, 0.25) is 5.91 Å². The lowest BCUT2D eigenvalue weighted by Crippen LogP contribution is -2.45. The lowest BCUT2D eigenvalue weighted by Gasteiger charge is -2.23. The van der Waals surface area contributed by atoms with E-state index in [1.54, 1.807) is 19.1 Å². The van der Waals surface area contributed by atoms with Gasteiger partial charge in [-0.15, -0.1) is 0 Å². The van der Waals surface area contributed by atoms with Crippen molar-refractivity contribution in [3.63, 3.8) is 0 Å². The van der Waals surface area contributed by atoms with Crippen LogP contribution < -0.4 is 11.1 Å². The molecule has 0 saturated carbocycles. The highest BCUT2D eigenvalue weighted by Crippen LogP contribution is 2.22. The van der Waals surface area contributed by atoms with Gasteiger partial charge in [0.05, 0.1) is 11.3 Å². The van der Waals surface area contributed by atoms with Crippen LogP contribution in [0.15, 0.2) is 18.2 Å². The van der Waals surface area contributed by atoms with Gasteiger partial charge in [0, 0.05) is 6.54 Å². The summed E-state index contributed by atoms with van der Waals surface area (Å²) >= 11 is 0. The Morgan fingerprint density at radius 2 is 2.10 bits per heavy atom. The molecule has 1 aliphatic rings. The normalized spacial score (nSPS) is 17.6. The van der Waals surface area contributed by atoms with E-state index < -0.39 is 23.9 Å². The first-order valence-corrected chi connectivity index (χ1v) is 6.61. The highest BCUT2D eigenvalue weighted by atomic mass is 16.4. The molecule has 1 fully saturated rings. The predicted octanol–water partition coefficient (Wildman–Crippen LogP) is 1.17. The van der Waals surface area contributed by atoms with Crippen molar-refractivity contribution in [2.45, 2.75) is 25.8 Å². The van der Waals surface area contributed by atoms with Crippen molar-refractivity contribution >= 4 is 23.6 Å². The van der Waals surface area contributed by atoms with Crippen molar-refractivity contribution in [3.05, 3.63) is 29.3 Å². The molecule has 7 nitrogen and oxygen atoms in total. The molecule has 7 heteroatoms. The maximum atomic E-state index is 12.2. The molecular weight excluding hydrogens is 274 g/mol. The van der Waals surface area contributed by atoms with Crippen molar-refractivity contribution in [2.24, 2.45) is 5.73 Å². The Hall–Kier alpha value is -2.57. The van der Waals surface area contributed by atoms with E-state index in [0.29, 0.717) is 24.9 Å². The van der Waals surface area contributed by atoms with Gasteiger partial charge in [0.1, 0.15) is 6.04 Å². The quantitative estimate of drug-likeness (QED) is 0.775. The highest BCUT2D eigenvalue weighted by molar-refractivity contribution is 6.02. The monoisotopic (exact) mass is 291 g/mol. The van der Waals surface area contributed by atoms with E-state index in [4.69, 9.17) is 5.73 Å². The van der Waals surface area contributed by atoms with Crippen LogP contribution in [0.2, 0.25) is 0 Å². The summed E-state index contributed by atoms with van der Waals surface area (Å²) in [7, 11) is 0. The summed E-state index contributed by atoms with van der Waals surface area (Å²) < 4.78 is 0. The standard InChI is InChI=1S/C14H17N3O4/c1-8-4-2-5-9(11(8)13(19)20)16-14(21)17-7-3-6-10(17)12(15)18/h2,4-5,10H,3,6-7H2,1H3,(H2,15,18)(H,16,21)(H,19,20). The molecule has 0 aromatic heterocycles. The van der Waals surface area contributed by atoms with Gasteiger partial charge in [-0.1, -0.05) is 12.1 Å². The first kappa shape index (κ1) is 14.8. The molecule has 0 spiro atoms. The zero-order chi connectivity index (χ0) is 15.6. The number of nitrogens with two attached hydrogens (primary N) is 1. The molecule has 1 unspecified atom stereocenters. The smallest absolute Gasteiger partial charge is 0.338 e. The minimum Gasteiger partial charge on any atom is -0.478 e. The number of hydrogen-bond donors (Lipinski definition) is 3. The minimum absolute atomic E-state index is 0.0423. The van der Waals surface area contributed by atoms with Crippen molar-refractivity contribution in [1.82, 2.24) is 4.90 Å². The van der Waals surface area contributed by atoms with Gasteiger partial charge in [-0.05, 0) is 31.4 Å². The second-order valence-electron chi connectivity index (χ2n) is 4.99. The summed E-state index contributed by atoms with van der Waals surface area (Å²) in [5, 5.41) is 11.8. The number of anilines is 1. The van der Waals surface area contributed by atoms with Gasteiger partial charge in [0.25, 0.3) is 0 Å². The molecule has 1 aromatic carbocycles. The molecule has 21 heavy (non-hydrogen) atoms. The molecule has 1 aliphatic heterocycles. The fraction of sp³-hybridized carbons (Fsp3) is 0.357. The second kappa shape index (κ2) is 5.82. The molecule has 1 heterocycles. The Morgan fingerprint density at radius 3 is 2.71 bits per heavy atom. The maximum absolute atomic E-state index is 12.2. The molecule has 4 N–H and O–H groups in total. The van der Waals surface area contributed by atoms with E-state index in [1.165, 1.54) is 11.0 Å². The van der Waals surface area contributed by atoms with Gasteiger partial charge in [-0.3, -0.25) is 4.79 Å². The molecule has 112 valence electrons. The lowest BCUT2D eigenvalue weighted by molar-refractivity contribution is -0.121. The number of hydrogen-bond acceptors (Lipinski definition) is 3. The van der Waals surface area contributed by atoms with Crippen LogP contribution in [0.3, 0.4) is 0 Å². The van der Waals surface area contributed by atoms with E-state index in [2.05, 4.69) is 5.32 Å². The van der Waals surface area contributed by atoms with Crippen molar-refractivity contribution in [3.8, 4) is 0 Å². The van der Waals surface area contributed by atoms with Crippen molar-refractivity contribution < 1.29 is 19.5 Å². The fourth-order valence-corrected chi connectivity index (χ4v) is 2.55. The van der Waals surface area contributed by atoms with Crippen molar-refractivity contribution in [1.29, 1.82) is 0 Å². The van der Waals surface area contributed by atoms with Gasteiger partial charge < -0.3 is 21.1 Å². The third-order valence-corrected chi connectivity index (χ3v) is 3.57. The zero-order valence-corrected chi connectivity index (χ0v) is 11.6. The number of carbonyl (C=O) groups is 3. The number of carboxylic acid groups (broad SMARTS) is 1. The van der Waals surface area contributed by atoms with Gasteiger partial charge >= 0.3 is 12.0 Å². The molecule has 1 aromatic rings. The lowest BCUT2D eigenvalue weighted by atomic mass is 10.1. The Morgan fingerprint density at radius 1 is 1.38 bits per heavy atom. The third kappa shape index (κ3) is 2.96. The van der Waals surface area contributed by atoms with Crippen LogP contribution in [-0.4, -0.2) is 40.5 Å². The van der Waals surface area contributed by atoms with E-state index in [1.807, 2.05) is 0 Å². The summed E-state index contributed by atoms with van der Waals surface area (Å²) in [5.74, 6) is -1.67. The summed E-state index contributed by atoms with van der Waals surface area (Å²) in [6.07, 6.45) is 1.23. The predicted molar refractivity (Wildman–Crippen MR) is 76.1 cm³/mol. The number of primary amides is 1. The van der Waals surface area contributed by atoms with E-state index in [0.717, 1.165) is 0 Å². The first-order valence-electron chi connectivity index (χ1n) is 6.61. The molecule has 0 radical (unpaired) electrons. The van der Waals surface area contributed by atoms with E-state index >= 15 is 0 Å². The van der Waals surface area contributed by atoms with Crippen molar-refractivity contribution in [2.75, 3.05) is 11.9 Å². The molecule has 2 rings (SSSR count). The fourth-order valence-electron chi connectivity index (χ4n) is 2.55. The number of benzene rings is 1. The van der Waals surface area contributed by atoms with Crippen LogP contribution in [0, 0.1) is 6.92 Å². The van der Waals surface area contributed by atoms with Gasteiger partial charge in [-0.25, -0.2) is 9.59 Å². The molecule has 3 amide bonds. The number of aryl methyl sites for hydroxylation is 1. The molecule has 0 aliphatic carbocycles. The number of likely N-dealkylation sites (tertiary alicyclic amines) is 1. The van der Waals surface area contributed by atoms with Crippen LogP contribution in [0.5, 0.6) is 0 Å². The largest absolute Gasteiger partial charge is 0.478 e. The Bertz CT molecular complexity index is 600. The summed E-state index contributed by atoms with van der Waals surface area (Å²) in [5.41, 5.74) is 6.07. The SMILES string of the molecule is Cc1cccc(NC(=O)N2CCCC2C(N)=O)c1C(=O)O. The molecule has 0 bridgehead atoms. The summed E-state index contributed by atoms with van der Waals surface area (Å²) in [6, 6.07) is 3.69. The first-order chi connectivity index (χ1) is 9.91. The minimum atomic E-state index is -1.11. The summed E-state index contributed by atoms with van der Waals surface area (Å²) in [4.78, 5) is 36.2. The number of aromatic carboxylic acids is 1. The van der Waals surface area contributed by atoms with E-state index in [9.17, 15) is 19.5 Å². The number of nitrogens with one attached hydrogen (secondary N) is 1. The van der Waals surface area contributed by atoms with Crippen LogP contribution in [0.4, 0.5) is 10.5 Å². The Balaban J connectivity index is 2.22. The molecular formula is C14H17N3O4. The van der Waals surface area contributed by atoms with Crippen LogP contribution in [-0.2, 0) is 4.79 Å². The van der Waals surface area contributed by atoms with Gasteiger partial charge in [0.15, 0.2) is 0 Å². The van der Waals surface area contributed by atoms with Crippen LogP contribution in [0.1, 0.15) is 28.8 Å². The van der Waals surface area contributed by atoms with Gasteiger partial charge in [-0.2, -0.15) is 0 Å². The zero-order valence-electron chi connectivity index (χ0n) is 11.6. The number of rotatable bonds is 3. The highest BCUT2D eigenvalue weighted by Gasteiger charge is 2.33. The van der Waals surface area contributed by atoms with Crippen LogP contribution in [0.25, 0.3) is 0 Å². The second-order valence-corrected chi connectivity index (χ2v) is 4.99. The third-order valence-electron chi connectivity index (χ3n) is 3.57. The number of amides is 3. The average molecular weight is 291 g/mol. The maximum Gasteiger partial charge on any atom is 0.338 e. The number of carbonyl (C=O) groups excluding carboxylic acids is 2. The Kier molecular flexibility index (Phi) is 4.11. The molecule has 1 saturated heterocycles. The van der Waals surface area contributed by atoms with E-state index in [-0.39, 0.29) is 11.3 Å². The van der Waals surface area contributed by atoms with Crippen LogP contribution >= 0.6 is 0 Å². The average Bonchev–Trinajstić information content (AvgIpc) is 2.87. The number of carboxylic acids is 1.